The highest BCUT2D eigenvalue weighted by Gasteiger charge is 1.90. The van der Waals surface area contributed by atoms with Gasteiger partial charge in [0.1, 0.15) is 0 Å². The van der Waals surface area contributed by atoms with Gasteiger partial charge in [-0.05, 0) is 29.6 Å². The van der Waals surface area contributed by atoms with Crippen LogP contribution in [0.25, 0.3) is 0 Å². The van der Waals surface area contributed by atoms with Gasteiger partial charge in [0.15, 0.2) is 0 Å². The molecule has 0 aromatic heterocycles. The Morgan fingerprint density at radius 2 is 1.92 bits per heavy atom. The molecule has 0 aliphatic carbocycles. The molecule has 0 atom stereocenters. The molecule has 1 aromatic rings. The van der Waals surface area contributed by atoms with Gasteiger partial charge in [0, 0.05) is 15.9 Å². The van der Waals surface area contributed by atoms with Gasteiger partial charge >= 0.3 is 0 Å². The van der Waals surface area contributed by atoms with Crippen LogP contribution in [-0.4, -0.2) is 11.5 Å². The molecule has 0 amide bonds. The highest BCUT2D eigenvalue weighted by atomic mass is 79.9. The monoisotopic (exact) mass is 257 g/mol. The summed E-state index contributed by atoms with van der Waals surface area (Å²) in [5.74, 6) is 0. The summed E-state index contributed by atoms with van der Waals surface area (Å²) in [4.78, 5) is 0. The predicted octanol–water partition coefficient (Wildman–Crippen LogP) is 3.92. The lowest BCUT2D eigenvalue weighted by Gasteiger charge is -1.96. The lowest BCUT2D eigenvalue weighted by atomic mass is 10.2. The van der Waals surface area contributed by atoms with Gasteiger partial charge in [0.25, 0.3) is 0 Å². The molecular weight excluding hydrogens is 246 g/mol. The van der Waals surface area contributed by atoms with Gasteiger partial charge in [-0.3, -0.25) is 0 Å². The Morgan fingerprint density at radius 1 is 1.31 bits per heavy atom. The summed E-state index contributed by atoms with van der Waals surface area (Å²) >= 11 is 4.98. The van der Waals surface area contributed by atoms with Crippen LogP contribution in [0, 0.1) is 0 Å². The molecule has 1 rings (SSSR count). The van der Waals surface area contributed by atoms with Gasteiger partial charge in [-0.25, -0.2) is 4.40 Å². The van der Waals surface area contributed by atoms with E-state index < -0.39 is 0 Å². The van der Waals surface area contributed by atoms with Crippen molar-refractivity contribution in [3.8, 4) is 0 Å². The van der Waals surface area contributed by atoms with Crippen LogP contribution in [-0.2, 0) is 0 Å². The molecule has 0 N–H and O–H groups in total. The molecule has 0 bridgehead atoms. The highest BCUT2D eigenvalue weighted by molar-refractivity contribution is 9.10. The van der Waals surface area contributed by atoms with E-state index in [0.29, 0.717) is 5.25 Å². The van der Waals surface area contributed by atoms with Crippen LogP contribution in [0.4, 0.5) is 0 Å². The van der Waals surface area contributed by atoms with E-state index in [1.165, 1.54) is 0 Å². The highest BCUT2D eigenvalue weighted by Crippen LogP contribution is 2.12. The fourth-order valence-corrected chi connectivity index (χ4v) is 1.45. The van der Waals surface area contributed by atoms with Crippen LogP contribution in [0.5, 0.6) is 0 Å². The number of hydrogen-bond donors (Lipinski definition) is 0. The minimum absolute atomic E-state index is 0.548. The van der Waals surface area contributed by atoms with Gasteiger partial charge < -0.3 is 0 Å². The molecular formula is C10H12BrNS. The molecule has 3 heteroatoms. The van der Waals surface area contributed by atoms with E-state index in [0.717, 1.165) is 10.0 Å². The van der Waals surface area contributed by atoms with Crippen molar-refractivity contribution >= 4 is 34.1 Å². The quantitative estimate of drug-likeness (QED) is 0.591. The zero-order valence-electron chi connectivity index (χ0n) is 7.70. The Kier molecular flexibility index (Phi) is 4.53. The molecule has 0 aliphatic rings. The fourth-order valence-electron chi connectivity index (χ4n) is 0.762. The molecule has 0 radical (unpaired) electrons. The van der Waals surface area contributed by atoms with E-state index in [-0.39, 0.29) is 0 Å². The largest absolute Gasteiger partial charge is 0.224 e. The van der Waals surface area contributed by atoms with E-state index in [1.54, 1.807) is 11.9 Å². The third-order valence-electron chi connectivity index (χ3n) is 1.34. The van der Waals surface area contributed by atoms with Crippen molar-refractivity contribution in [3.05, 3.63) is 34.3 Å². The van der Waals surface area contributed by atoms with E-state index in [1.807, 2.05) is 30.5 Å². The average molecular weight is 258 g/mol. The van der Waals surface area contributed by atoms with Crippen molar-refractivity contribution in [2.45, 2.75) is 19.1 Å². The Morgan fingerprint density at radius 3 is 2.46 bits per heavy atom. The zero-order valence-corrected chi connectivity index (χ0v) is 10.1. The standard InChI is InChI=1S/C10H12BrNS/c1-8(2)13-12-7-9-3-5-10(11)6-4-9/h3-8H,1-2H3. The first kappa shape index (κ1) is 10.8. The van der Waals surface area contributed by atoms with Crippen LogP contribution < -0.4 is 0 Å². The Balaban J connectivity index is 2.54. The number of benzene rings is 1. The minimum atomic E-state index is 0.548. The lowest BCUT2D eigenvalue weighted by molar-refractivity contribution is 1.11. The Labute approximate surface area is 91.9 Å². The summed E-state index contributed by atoms with van der Waals surface area (Å²) in [6.45, 7) is 4.26. The second-order valence-corrected chi connectivity index (χ2v) is 5.22. The summed E-state index contributed by atoms with van der Waals surface area (Å²) in [5, 5.41) is 0.548. The maximum Gasteiger partial charge on any atom is 0.0424 e. The molecule has 70 valence electrons. The molecule has 0 unspecified atom stereocenters. The number of nitrogens with zero attached hydrogens (tertiary/aromatic N) is 1. The van der Waals surface area contributed by atoms with Crippen LogP contribution in [0.3, 0.4) is 0 Å². The Bertz CT molecular complexity index is 279. The topological polar surface area (TPSA) is 12.4 Å². The van der Waals surface area contributed by atoms with Gasteiger partial charge in [-0.2, -0.15) is 0 Å². The van der Waals surface area contributed by atoms with Crippen LogP contribution in [0.1, 0.15) is 19.4 Å². The summed E-state index contributed by atoms with van der Waals surface area (Å²) < 4.78 is 5.35. The molecule has 0 spiro atoms. The van der Waals surface area contributed by atoms with E-state index in [9.17, 15) is 0 Å². The van der Waals surface area contributed by atoms with Crippen LogP contribution in [0.15, 0.2) is 33.1 Å². The van der Waals surface area contributed by atoms with Gasteiger partial charge in [0.2, 0.25) is 0 Å². The molecule has 0 saturated carbocycles. The molecule has 0 aliphatic heterocycles. The molecule has 13 heavy (non-hydrogen) atoms. The first-order valence-electron chi connectivity index (χ1n) is 4.13. The van der Waals surface area contributed by atoms with Gasteiger partial charge in [0.05, 0.1) is 0 Å². The van der Waals surface area contributed by atoms with E-state index in [2.05, 4.69) is 34.2 Å². The lowest BCUT2D eigenvalue weighted by Crippen LogP contribution is -1.83. The average Bonchev–Trinajstić information content (AvgIpc) is 2.08. The third-order valence-corrected chi connectivity index (χ3v) is 2.52. The fraction of sp³-hybridized carbons (Fsp3) is 0.300. The molecule has 1 nitrogen and oxygen atoms in total. The van der Waals surface area contributed by atoms with Crippen molar-refractivity contribution in [3.63, 3.8) is 0 Å². The number of rotatable bonds is 3. The van der Waals surface area contributed by atoms with Crippen LogP contribution in [0.2, 0.25) is 0 Å². The van der Waals surface area contributed by atoms with Gasteiger partial charge in [-0.15, -0.1) is 0 Å². The third kappa shape index (κ3) is 4.48. The van der Waals surface area contributed by atoms with Crippen molar-refractivity contribution < 1.29 is 0 Å². The second-order valence-electron chi connectivity index (χ2n) is 2.94. The molecule has 0 fully saturated rings. The predicted molar refractivity (Wildman–Crippen MR) is 64.5 cm³/mol. The summed E-state index contributed by atoms with van der Waals surface area (Å²) in [6.07, 6.45) is 1.89. The SMILES string of the molecule is CC(C)SN=Cc1ccc(Br)cc1. The number of hydrogen-bond acceptors (Lipinski definition) is 2. The van der Waals surface area contributed by atoms with Crippen molar-refractivity contribution in [1.82, 2.24) is 0 Å². The normalized spacial score (nSPS) is 11.4. The maximum absolute atomic E-state index is 4.25. The second kappa shape index (κ2) is 5.45. The zero-order chi connectivity index (χ0) is 9.68. The minimum Gasteiger partial charge on any atom is -0.224 e. The van der Waals surface area contributed by atoms with Gasteiger partial charge in [-0.1, -0.05) is 41.9 Å². The van der Waals surface area contributed by atoms with Crippen molar-refractivity contribution in [2.24, 2.45) is 4.40 Å². The van der Waals surface area contributed by atoms with Crippen LogP contribution >= 0.6 is 27.9 Å². The molecule has 0 heterocycles. The smallest absolute Gasteiger partial charge is 0.0424 e. The maximum atomic E-state index is 4.25. The molecule has 1 aromatic carbocycles. The summed E-state index contributed by atoms with van der Waals surface area (Å²) in [7, 11) is 0. The van der Waals surface area contributed by atoms with E-state index >= 15 is 0 Å². The summed E-state index contributed by atoms with van der Waals surface area (Å²) in [5.41, 5.74) is 1.14. The Hall–Kier alpha value is -0.280. The number of halogens is 1. The summed E-state index contributed by atoms with van der Waals surface area (Å²) in [6, 6.07) is 8.10. The van der Waals surface area contributed by atoms with E-state index in [4.69, 9.17) is 0 Å². The first-order valence-corrected chi connectivity index (χ1v) is 5.76. The molecule has 0 saturated heterocycles. The first-order chi connectivity index (χ1) is 6.18. The van der Waals surface area contributed by atoms with Crippen molar-refractivity contribution in [1.29, 1.82) is 0 Å². The van der Waals surface area contributed by atoms with Crippen molar-refractivity contribution in [2.75, 3.05) is 0 Å².